The van der Waals surface area contributed by atoms with Gasteiger partial charge in [-0.3, -0.25) is 4.79 Å². The van der Waals surface area contributed by atoms with Gasteiger partial charge in [0.2, 0.25) is 5.78 Å². The van der Waals surface area contributed by atoms with Crippen molar-refractivity contribution in [2.24, 2.45) is 0 Å². The minimum Gasteiger partial charge on any atom is -0.497 e. The van der Waals surface area contributed by atoms with Crippen LogP contribution in [0.1, 0.15) is 21.6 Å². The van der Waals surface area contributed by atoms with Crippen LogP contribution in [0.5, 0.6) is 5.75 Å². The minimum absolute atomic E-state index is 0.0556. The summed E-state index contributed by atoms with van der Waals surface area (Å²) < 4.78 is 36.8. The van der Waals surface area contributed by atoms with Crippen LogP contribution in [-0.2, 0) is 6.54 Å². The lowest BCUT2D eigenvalue weighted by Crippen LogP contribution is -2.09. The molecule has 152 valence electrons. The van der Waals surface area contributed by atoms with Crippen molar-refractivity contribution in [2.45, 2.75) is 6.54 Å². The van der Waals surface area contributed by atoms with Gasteiger partial charge < -0.3 is 14.5 Å². The summed E-state index contributed by atoms with van der Waals surface area (Å²) in [7, 11) is 1.57. The largest absolute Gasteiger partial charge is 0.497 e. The summed E-state index contributed by atoms with van der Waals surface area (Å²) in [5, 5.41) is 2.76. The molecular weight excluding hydrogens is 454 g/mol. The normalized spacial score (nSPS) is 10.9. The molecule has 7 heteroatoms. The molecule has 2 aromatic heterocycles. The van der Waals surface area contributed by atoms with Crippen LogP contribution in [0.25, 0.3) is 5.52 Å². The molecule has 0 atom stereocenters. The predicted molar refractivity (Wildman–Crippen MR) is 115 cm³/mol. The van der Waals surface area contributed by atoms with Gasteiger partial charge in [0.05, 0.1) is 18.3 Å². The quantitative estimate of drug-likeness (QED) is 0.360. The highest BCUT2D eigenvalue weighted by Crippen LogP contribution is 2.26. The average Bonchev–Trinajstić information content (AvgIpc) is 3.18. The van der Waals surface area contributed by atoms with Crippen molar-refractivity contribution in [3.63, 3.8) is 0 Å². The summed E-state index contributed by atoms with van der Waals surface area (Å²) in [6.07, 6.45) is 1.73. The molecule has 0 bridgehead atoms. The number of nitrogens with one attached hydrogen (secondary N) is 1. The third-order valence-corrected chi connectivity index (χ3v) is 5.48. The van der Waals surface area contributed by atoms with Gasteiger partial charge in [0, 0.05) is 22.8 Å². The molecule has 30 heavy (non-hydrogen) atoms. The van der Waals surface area contributed by atoms with Crippen molar-refractivity contribution < 1.29 is 18.3 Å². The van der Waals surface area contributed by atoms with Crippen molar-refractivity contribution in [3.05, 3.63) is 99.8 Å². The molecule has 0 aliphatic heterocycles. The van der Waals surface area contributed by atoms with Crippen molar-refractivity contribution in [2.75, 3.05) is 12.4 Å². The Labute approximate surface area is 180 Å². The number of benzene rings is 2. The molecule has 4 aromatic rings. The molecule has 4 nitrogen and oxygen atoms in total. The van der Waals surface area contributed by atoms with Crippen LogP contribution < -0.4 is 10.1 Å². The van der Waals surface area contributed by atoms with Gasteiger partial charge in [0.25, 0.3) is 0 Å². The van der Waals surface area contributed by atoms with Crippen molar-refractivity contribution in [1.29, 1.82) is 0 Å². The van der Waals surface area contributed by atoms with E-state index in [-0.39, 0.29) is 17.8 Å². The van der Waals surface area contributed by atoms with Gasteiger partial charge in [-0.05, 0) is 70.0 Å². The molecule has 0 saturated heterocycles. The fraction of sp³-hybridized carbons (Fsp3) is 0.0870. The van der Waals surface area contributed by atoms with Gasteiger partial charge in [0.1, 0.15) is 23.1 Å². The summed E-state index contributed by atoms with van der Waals surface area (Å²) >= 11 is 3.43. The maximum Gasteiger partial charge on any atom is 0.209 e. The zero-order chi connectivity index (χ0) is 21.3. The molecule has 0 aliphatic carbocycles. The van der Waals surface area contributed by atoms with E-state index < -0.39 is 17.4 Å². The van der Waals surface area contributed by atoms with Crippen molar-refractivity contribution >= 4 is 32.9 Å². The van der Waals surface area contributed by atoms with Crippen LogP contribution in [0.15, 0.2) is 71.3 Å². The number of pyridine rings is 1. The molecule has 0 spiro atoms. The number of ketones is 1. The number of carbonyl (C=O) groups excluding carboxylic acids is 1. The Balaban J connectivity index is 1.58. The van der Waals surface area contributed by atoms with E-state index in [1.807, 2.05) is 6.07 Å². The zero-order valence-corrected chi connectivity index (χ0v) is 17.5. The number of ether oxygens (including phenoxy) is 1. The van der Waals surface area contributed by atoms with Crippen LogP contribution >= 0.6 is 15.9 Å². The number of fused-ring (bicyclic) bond motifs is 1. The van der Waals surface area contributed by atoms with Crippen LogP contribution in [0.3, 0.4) is 0 Å². The lowest BCUT2D eigenvalue weighted by molar-refractivity contribution is 0.103. The first-order valence-corrected chi connectivity index (χ1v) is 9.93. The number of anilines is 1. The number of hydrogen-bond acceptors (Lipinski definition) is 3. The van der Waals surface area contributed by atoms with Crippen LogP contribution in [0.2, 0.25) is 0 Å². The molecule has 2 heterocycles. The molecule has 0 fully saturated rings. The van der Waals surface area contributed by atoms with E-state index in [2.05, 4.69) is 21.2 Å². The number of carbonyl (C=O) groups is 1. The minimum atomic E-state index is -0.825. The molecule has 0 aliphatic rings. The van der Waals surface area contributed by atoms with E-state index in [9.17, 15) is 13.6 Å². The summed E-state index contributed by atoms with van der Waals surface area (Å²) in [5.74, 6) is -1.42. The second kappa shape index (κ2) is 8.28. The summed E-state index contributed by atoms with van der Waals surface area (Å²) in [5.41, 5.74) is 1.62. The zero-order valence-electron chi connectivity index (χ0n) is 16.0. The number of methoxy groups -OCH3 is 1. The molecule has 2 aromatic carbocycles. The van der Waals surface area contributed by atoms with E-state index in [0.29, 0.717) is 11.4 Å². The molecule has 4 rings (SSSR count). The van der Waals surface area contributed by atoms with E-state index in [1.54, 1.807) is 60.2 Å². The first kappa shape index (κ1) is 20.1. The number of hydrogen-bond donors (Lipinski definition) is 1. The smallest absolute Gasteiger partial charge is 0.209 e. The maximum atomic E-state index is 14.6. The van der Waals surface area contributed by atoms with Gasteiger partial charge >= 0.3 is 0 Å². The third-order valence-electron chi connectivity index (χ3n) is 4.81. The summed E-state index contributed by atoms with van der Waals surface area (Å²) in [6, 6.07) is 16.3. The van der Waals surface area contributed by atoms with E-state index in [0.717, 1.165) is 27.7 Å². The standard InChI is InChI=1S/C23H17BrF2N2O2/c1-30-16-6-4-14(5-7-16)13-27-22-18(25)11-15(12-19(22)26)23(29)21-9-8-20-17(24)3-2-10-28(20)21/h2-12,27H,13H2,1H3. The lowest BCUT2D eigenvalue weighted by Gasteiger charge is -2.11. The van der Waals surface area contributed by atoms with Gasteiger partial charge in [-0.1, -0.05) is 12.1 Å². The molecule has 0 amide bonds. The number of halogens is 3. The second-order valence-corrected chi connectivity index (χ2v) is 7.53. The lowest BCUT2D eigenvalue weighted by atomic mass is 10.1. The van der Waals surface area contributed by atoms with Crippen LogP contribution in [-0.4, -0.2) is 17.3 Å². The predicted octanol–water partition coefficient (Wildman–Crippen LogP) is 5.83. The molecule has 0 unspecified atom stereocenters. The summed E-state index contributed by atoms with van der Waals surface area (Å²) in [6.45, 7) is 0.225. The highest BCUT2D eigenvalue weighted by atomic mass is 79.9. The fourth-order valence-electron chi connectivity index (χ4n) is 3.24. The number of nitrogens with zero attached hydrogens (tertiary/aromatic N) is 1. The van der Waals surface area contributed by atoms with Gasteiger partial charge in [0.15, 0.2) is 0 Å². The molecular formula is C23H17BrF2N2O2. The van der Waals surface area contributed by atoms with Gasteiger partial charge in [-0.25, -0.2) is 8.78 Å². The Hall–Kier alpha value is -3.19. The second-order valence-electron chi connectivity index (χ2n) is 6.68. The Kier molecular flexibility index (Phi) is 5.55. The first-order chi connectivity index (χ1) is 14.5. The van der Waals surface area contributed by atoms with E-state index >= 15 is 0 Å². The molecule has 1 N–H and O–H groups in total. The number of aromatic nitrogens is 1. The third kappa shape index (κ3) is 3.80. The number of rotatable bonds is 6. The SMILES string of the molecule is COc1ccc(CNc2c(F)cc(C(=O)c3ccc4c(Br)cccn34)cc2F)cc1. The Morgan fingerprint density at radius 3 is 2.43 bits per heavy atom. The van der Waals surface area contributed by atoms with Gasteiger partial charge in [-0.2, -0.15) is 0 Å². The van der Waals surface area contributed by atoms with Gasteiger partial charge in [-0.15, -0.1) is 0 Å². The summed E-state index contributed by atoms with van der Waals surface area (Å²) in [4.78, 5) is 12.9. The molecule has 0 saturated carbocycles. The highest BCUT2D eigenvalue weighted by Gasteiger charge is 2.19. The topological polar surface area (TPSA) is 42.7 Å². The van der Waals surface area contributed by atoms with Crippen molar-refractivity contribution in [3.8, 4) is 5.75 Å². The monoisotopic (exact) mass is 470 g/mol. The molecule has 0 radical (unpaired) electrons. The highest BCUT2D eigenvalue weighted by molar-refractivity contribution is 9.10. The average molecular weight is 471 g/mol. The van der Waals surface area contributed by atoms with Crippen LogP contribution in [0.4, 0.5) is 14.5 Å². The first-order valence-electron chi connectivity index (χ1n) is 9.14. The maximum absolute atomic E-state index is 14.6. The van der Waals surface area contributed by atoms with Crippen LogP contribution in [0, 0.1) is 11.6 Å². The fourth-order valence-corrected chi connectivity index (χ4v) is 3.72. The Morgan fingerprint density at radius 2 is 1.77 bits per heavy atom. The Bertz CT molecular complexity index is 1210. The van der Waals surface area contributed by atoms with Crippen molar-refractivity contribution in [1.82, 2.24) is 4.40 Å². The van der Waals surface area contributed by atoms with E-state index in [1.165, 1.54) is 0 Å². The van der Waals surface area contributed by atoms with E-state index in [4.69, 9.17) is 4.74 Å². The Morgan fingerprint density at radius 1 is 1.07 bits per heavy atom.